The van der Waals surface area contributed by atoms with Crippen molar-refractivity contribution >= 4 is 27.5 Å². The Balaban J connectivity index is 1.25. The van der Waals surface area contributed by atoms with Crippen molar-refractivity contribution in [2.75, 3.05) is 33.3 Å². The van der Waals surface area contributed by atoms with Crippen LogP contribution in [0, 0.1) is 0 Å². The van der Waals surface area contributed by atoms with Crippen LogP contribution in [0.1, 0.15) is 23.2 Å². The Labute approximate surface area is 181 Å². The average Bonchev–Trinajstić information content (AvgIpc) is 2.90. The van der Waals surface area contributed by atoms with E-state index in [2.05, 4.69) is 4.90 Å². The lowest BCUT2D eigenvalue weighted by Gasteiger charge is -2.29. The first-order valence-electron chi connectivity index (χ1n) is 9.80. The first-order valence-corrected chi connectivity index (χ1v) is 11.6. The summed E-state index contributed by atoms with van der Waals surface area (Å²) in [5.74, 6) is 1.02. The number of fused-ring (bicyclic) bond motifs is 2. The highest BCUT2D eigenvalue weighted by Gasteiger charge is 2.40. The first kappa shape index (κ1) is 21.0. The molecule has 4 rings (SSSR count). The van der Waals surface area contributed by atoms with Crippen molar-refractivity contribution in [3.63, 3.8) is 0 Å². The zero-order chi connectivity index (χ0) is 21.3. The van der Waals surface area contributed by atoms with Gasteiger partial charge in [0.15, 0.2) is 11.5 Å². The Morgan fingerprint density at radius 1 is 1.17 bits per heavy atom. The van der Waals surface area contributed by atoms with Gasteiger partial charge in [-0.25, -0.2) is 12.7 Å². The van der Waals surface area contributed by atoms with Gasteiger partial charge in [-0.1, -0.05) is 23.7 Å². The molecule has 0 saturated carbocycles. The molecule has 1 atom stereocenters. The highest BCUT2D eigenvalue weighted by Crippen LogP contribution is 2.33. The van der Waals surface area contributed by atoms with E-state index < -0.39 is 15.9 Å². The fourth-order valence-corrected chi connectivity index (χ4v) is 5.57. The molecule has 160 valence electrons. The lowest BCUT2D eigenvalue weighted by Crippen LogP contribution is -2.39. The zero-order valence-corrected chi connectivity index (χ0v) is 18.2. The molecular weight excluding hydrogens is 428 g/mol. The van der Waals surface area contributed by atoms with Gasteiger partial charge in [0.25, 0.3) is 15.9 Å². The molecule has 0 aliphatic carbocycles. The predicted octanol–water partition coefficient (Wildman–Crippen LogP) is 3.04. The number of carbonyl (C=O) groups is 1. The van der Waals surface area contributed by atoms with E-state index >= 15 is 0 Å². The standard InChI is InChI=1S/C21H23ClN2O5S/c1-23(13-16-14-28-18-6-2-3-7-19(18)29-16)10-4-5-11-24-21(25)17-9-8-15(22)12-20(17)30(24,26)27/h2-3,6-9,12,16H,4-5,10-11,13-14H2,1H3. The second-order valence-electron chi connectivity index (χ2n) is 7.49. The summed E-state index contributed by atoms with van der Waals surface area (Å²) < 4.78 is 37.9. The van der Waals surface area contributed by atoms with E-state index in [9.17, 15) is 13.2 Å². The minimum absolute atomic E-state index is 0.00755. The number of hydrogen-bond donors (Lipinski definition) is 0. The van der Waals surface area contributed by atoms with Gasteiger partial charge < -0.3 is 14.4 Å². The number of amides is 1. The number of carbonyl (C=O) groups excluding carboxylic acids is 1. The van der Waals surface area contributed by atoms with Crippen LogP contribution in [0.3, 0.4) is 0 Å². The van der Waals surface area contributed by atoms with Gasteiger partial charge in [-0.2, -0.15) is 0 Å². The number of ether oxygens (including phenoxy) is 2. The number of benzene rings is 2. The van der Waals surface area contributed by atoms with Gasteiger partial charge in [0.1, 0.15) is 17.6 Å². The van der Waals surface area contributed by atoms with Crippen LogP contribution in [-0.2, 0) is 10.0 Å². The molecule has 2 aromatic rings. The highest BCUT2D eigenvalue weighted by atomic mass is 35.5. The van der Waals surface area contributed by atoms with Gasteiger partial charge in [-0.15, -0.1) is 0 Å². The van der Waals surface area contributed by atoms with Crippen molar-refractivity contribution in [1.82, 2.24) is 9.21 Å². The second kappa shape index (κ2) is 8.45. The van der Waals surface area contributed by atoms with Crippen LogP contribution in [0.25, 0.3) is 0 Å². The molecule has 30 heavy (non-hydrogen) atoms. The van der Waals surface area contributed by atoms with Crippen LogP contribution < -0.4 is 9.47 Å². The Kier molecular flexibility index (Phi) is 5.90. The summed E-state index contributed by atoms with van der Waals surface area (Å²) in [5.41, 5.74) is 0.186. The lowest BCUT2D eigenvalue weighted by molar-refractivity contribution is 0.0650. The molecule has 0 spiro atoms. The number of para-hydroxylation sites is 2. The number of nitrogens with zero attached hydrogens (tertiary/aromatic N) is 2. The fourth-order valence-electron chi connectivity index (χ4n) is 3.70. The fraction of sp³-hybridized carbons (Fsp3) is 0.381. The van der Waals surface area contributed by atoms with Crippen molar-refractivity contribution in [3.05, 3.63) is 53.1 Å². The molecular formula is C21H23ClN2O5S. The molecule has 0 radical (unpaired) electrons. The van der Waals surface area contributed by atoms with E-state index in [1.165, 1.54) is 18.2 Å². The molecule has 0 saturated heterocycles. The summed E-state index contributed by atoms with van der Waals surface area (Å²) in [6, 6.07) is 11.9. The summed E-state index contributed by atoms with van der Waals surface area (Å²) in [4.78, 5) is 14.6. The molecule has 2 aromatic carbocycles. The van der Waals surface area contributed by atoms with Gasteiger partial charge in [0.2, 0.25) is 0 Å². The molecule has 0 aromatic heterocycles. The maximum Gasteiger partial charge on any atom is 0.269 e. The first-order chi connectivity index (χ1) is 14.4. The molecule has 0 fully saturated rings. The molecule has 1 unspecified atom stereocenters. The maximum atomic E-state index is 12.6. The molecule has 2 heterocycles. The van der Waals surface area contributed by atoms with E-state index in [0.29, 0.717) is 24.6 Å². The molecule has 2 aliphatic heterocycles. The van der Waals surface area contributed by atoms with E-state index in [4.69, 9.17) is 21.1 Å². The number of halogens is 1. The van der Waals surface area contributed by atoms with Gasteiger partial charge in [-0.3, -0.25) is 4.79 Å². The third-order valence-corrected chi connectivity index (χ3v) is 7.26. The van der Waals surface area contributed by atoms with E-state index in [1.54, 1.807) is 0 Å². The lowest BCUT2D eigenvalue weighted by atomic mass is 10.2. The quantitative estimate of drug-likeness (QED) is 0.603. The van der Waals surface area contributed by atoms with Crippen LogP contribution >= 0.6 is 11.6 Å². The Morgan fingerprint density at radius 2 is 1.93 bits per heavy atom. The topological polar surface area (TPSA) is 76.2 Å². The van der Waals surface area contributed by atoms with Crippen LogP contribution in [-0.4, -0.2) is 62.9 Å². The Morgan fingerprint density at radius 3 is 2.73 bits per heavy atom. The molecule has 0 bridgehead atoms. The third kappa shape index (κ3) is 4.12. The van der Waals surface area contributed by atoms with E-state index in [0.717, 1.165) is 28.8 Å². The number of sulfonamides is 1. The zero-order valence-electron chi connectivity index (χ0n) is 16.6. The SMILES string of the molecule is CN(CCCCN1C(=O)c2ccc(Cl)cc2S1(=O)=O)CC1COc2ccccc2O1. The molecule has 7 nitrogen and oxygen atoms in total. The minimum Gasteiger partial charge on any atom is -0.486 e. The maximum absolute atomic E-state index is 12.6. The smallest absolute Gasteiger partial charge is 0.269 e. The molecule has 1 amide bonds. The van der Waals surface area contributed by atoms with Crippen LogP contribution in [0.15, 0.2) is 47.4 Å². The van der Waals surface area contributed by atoms with Crippen molar-refractivity contribution < 1.29 is 22.7 Å². The van der Waals surface area contributed by atoms with Crippen LogP contribution in [0.4, 0.5) is 0 Å². The van der Waals surface area contributed by atoms with Crippen molar-refractivity contribution in [1.29, 1.82) is 0 Å². The summed E-state index contributed by atoms with van der Waals surface area (Å²) in [6.45, 7) is 2.09. The van der Waals surface area contributed by atoms with E-state index in [1.807, 2.05) is 31.3 Å². The largest absolute Gasteiger partial charge is 0.486 e. The highest BCUT2D eigenvalue weighted by molar-refractivity contribution is 7.90. The van der Waals surface area contributed by atoms with Crippen molar-refractivity contribution in [2.24, 2.45) is 0 Å². The van der Waals surface area contributed by atoms with E-state index in [-0.39, 0.29) is 23.1 Å². The summed E-state index contributed by atoms with van der Waals surface area (Å²) >= 11 is 5.90. The van der Waals surface area contributed by atoms with Gasteiger partial charge in [0.05, 0.1) is 5.56 Å². The third-order valence-electron chi connectivity index (χ3n) is 5.20. The van der Waals surface area contributed by atoms with Gasteiger partial charge >= 0.3 is 0 Å². The summed E-state index contributed by atoms with van der Waals surface area (Å²) in [7, 11) is -1.84. The second-order valence-corrected chi connectivity index (χ2v) is 9.76. The predicted molar refractivity (Wildman–Crippen MR) is 113 cm³/mol. The average molecular weight is 451 g/mol. The normalized spacial score (nSPS) is 19.2. The number of likely N-dealkylation sites (N-methyl/N-ethyl adjacent to an activating group) is 1. The minimum atomic E-state index is -3.82. The summed E-state index contributed by atoms with van der Waals surface area (Å²) in [6.07, 6.45) is 1.25. The van der Waals surface area contributed by atoms with Gasteiger partial charge in [0, 0.05) is 18.1 Å². The summed E-state index contributed by atoms with van der Waals surface area (Å²) in [5, 5.41) is 0.296. The molecule has 0 N–H and O–H groups in total. The Bertz CT molecular complexity index is 1060. The number of rotatable bonds is 7. The van der Waals surface area contributed by atoms with Crippen molar-refractivity contribution in [3.8, 4) is 11.5 Å². The Hall–Kier alpha value is -2.29. The monoisotopic (exact) mass is 450 g/mol. The van der Waals surface area contributed by atoms with Crippen molar-refractivity contribution in [2.45, 2.75) is 23.8 Å². The van der Waals surface area contributed by atoms with Crippen LogP contribution in [0.5, 0.6) is 11.5 Å². The number of hydrogen-bond acceptors (Lipinski definition) is 6. The number of unbranched alkanes of at least 4 members (excludes halogenated alkanes) is 1. The molecule has 9 heteroatoms. The van der Waals surface area contributed by atoms with Gasteiger partial charge in [-0.05, 0) is 56.8 Å². The van der Waals surface area contributed by atoms with Crippen LogP contribution in [0.2, 0.25) is 5.02 Å². The molecule has 2 aliphatic rings.